The molecule has 0 atom stereocenters. The monoisotopic (exact) mass is 143 g/mol. The molecule has 0 unspecified atom stereocenters. The second-order valence-electron chi connectivity index (χ2n) is 2.26. The Morgan fingerprint density at radius 3 is 2.50 bits per heavy atom. The molecular weight excluding hydrogens is 130 g/mol. The summed E-state index contributed by atoms with van der Waals surface area (Å²) in [7, 11) is 0. The summed E-state index contributed by atoms with van der Waals surface area (Å²) in [4.78, 5) is 0. The topological polar surface area (TPSA) is 44.5 Å². The predicted molar refractivity (Wildman–Crippen MR) is 38.0 cm³/mol. The fourth-order valence-electron chi connectivity index (χ4n) is 0.863. The first-order valence-corrected chi connectivity index (χ1v) is 3.59. The zero-order valence-corrected chi connectivity index (χ0v) is 5.95. The summed E-state index contributed by atoms with van der Waals surface area (Å²) >= 11 is 0. The predicted octanol–water partition coefficient (Wildman–Crippen LogP) is 0.960. The first-order valence-electron chi connectivity index (χ1n) is 3.59. The van der Waals surface area contributed by atoms with Gasteiger partial charge in [0.05, 0.1) is 0 Å². The van der Waals surface area contributed by atoms with Gasteiger partial charge in [0.2, 0.25) is 6.29 Å². The van der Waals surface area contributed by atoms with Gasteiger partial charge < -0.3 is 15.2 Å². The van der Waals surface area contributed by atoms with Crippen molar-refractivity contribution < 1.29 is 9.47 Å². The average Bonchev–Trinajstić information content (AvgIpc) is 2.41. The third-order valence-corrected chi connectivity index (χ3v) is 1.41. The summed E-state index contributed by atoms with van der Waals surface area (Å²) in [6.45, 7) is 0.750. The Morgan fingerprint density at radius 2 is 1.90 bits per heavy atom. The normalized spacial score (nSPS) is 16.9. The van der Waals surface area contributed by atoms with E-state index >= 15 is 0 Å². The van der Waals surface area contributed by atoms with Crippen LogP contribution in [0.15, 0.2) is 12.5 Å². The van der Waals surface area contributed by atoms with Crippen molar-refractivity contribution in [3.05, 3.63) is 12.5 Å². The summed E-state index contributed by atoms with van der Waals surface area (Å²) in [5.74, 6) is 0. The molecule has 2 N–H and O–H groups in total. The van der Waals surface area contributed by atoms with Gasteiger partial charge in [0, 0.05) is 6.42 Å². The van der Waals surface area contributed by atoms with Crippen molar-refractivity contribution in [3.8, 4) is 0 Å². The molecule has 10 heavy (non-hydrogen) atoms. The number of hydrogen-bond acceptors (Lipinski definition) is 3. The maximum Gasteiger partial charge on any atom is 0.239 e. The molecule has 1 heterocycles. The minimum absolute atomic E-state index is 0.0495. The summed E-state index contributed by atoms with van der Waals surface area (Å²) in [5, 5.41) is 0. The van der Waals surface area contributed by atoms with Crippen LogP contribution in [0.4, 0.5) is 0 Å². The van der Waals surface area contributed by atoms with Gasteiger partial charge in [-0.3, -0.25) is 0 Å². The van der Waals surface area contributed by atoms with E-state index in [-0.39, 0.29) is 6.29 Å². The summed E-state index contributed by atoms with van der Waals surface area (Å²) in [6.07, 6.45) is 6.16. The summed E-state index contributed by atoms with van der Waals surface area (Å²) < 4.78 is 10.1. The zero-order valence-electron chi connectivity index (χ0n) is 5.95. The lowest BCUT2D eigenvalue weighted by Gasteiger charge is -2.08. The van der Waals surface area contributed by atoms with E-state index in [0.29, 0.717) is 0 Å². The molecule has 0 fully saturated rings. The van der Waals surface area contributed by atoms with Gasteiger partial charge in [-0.2, -0.15) is 0 Å². The summed E-state index contributed by atoms with van der Waals surface area (Å²) in [6, 6.07) is 0. The molecule has 0 spiro atoms. The Bertz CT molecular complexity index is 106. The molecule has 0 saturated carbocycles. The highest BCUT2D eigenvalue weighted by atomic mass is 16.7. The smallest absolute Gasteiger partial charge is 0.239 e. The van der Waals surface area contributed by atoms with Gasteiger partial charge in [0.15, 0.2) is 0 Å². The van der Waals surface area contributed by atoms with Crippen LogP contribution in [0.5, 0.6) is 0 Å². The lowest BCUT2D eigenvalue weighted by molar-refractivity contribution is -0.0292. The highest BCUT2D eigenvalue weighted by Crippen LogP contribution is 2.11. The number of unbranched alkanes of at least 4 members (excludes halogenated alkanes) is 1. The third kappa shape index (κ3) is 2.27. The SMILES string of the molecule is NCCCCC1OC=CO1. The van der Waals surface area contributed by atoms with Crippen LogP contribution < -0.4 is 5.73 Å². The number of hydrogen-bond donors (Lipinski definition) is 1. The van der Waals surface area contributed by atoms with Crippen molar-refractivity contribution in [3.63, 3.8) is 0 Å². The zero-order chi connectivity index (χ0) is 7.23. The molecule has 58 valence electrons. The standard InChI is InChI=1S/C7H13NO2/c8-4-2-1-3-7-9-5-6-10-7/h5-7H,1-4,8H2. The van der Waals surface area contributed by atoms with Crippen LogP contribution in [0.25, 0.3) is 0 Å². The van der Waals surface area contributed by atoms with Crippen LogP contribution in [-0.2, 0) is 9.47 Å². The Morgan fingerprint density at radius 1 is 1.20 bits per heavy atom. The fourth-order valence-corrected chi connectivity index (χ4v) is 0.863. The molecule has 0 amide bonds. The van der Waals surface area contributed by atoms with Crippen molar-refractivity contribution in [1.82, 2.24) is 0 Å². The molecule has 0 saturated heterocycles. The lowest BCUT2D eigenvalue weighted by atomic mass is 10.2. The highest BCUT2D eigenvalue weighted by Gasteiger charge is 2.10. The number of nitrogens with two attached hydrogens (primary N) is 1. The molecule has 1 rings (SSSR count). The Kier molecular flexibility index (Phi) is 3.09. The fraction of sp³-hybridized carbons (Fsp3) is 0.714. The first kappa shape index (κ1) is 7.41. The molecule has 1 aliphatic heterocycles. The largest absolute Gasteiger partial charge is 0.459 e. The van der Waals surface area contributed by atoms with Gasteiger partial charge in [0.25, 0.3) is 0 Å². The quantitative estimate of drug-likeness (QED) is 0.596. The molecule has 0 radical (unpaired) electrons. The van der Waals surface area contributed by atoms with Crippen LogP contribution in [0.1, 0.15) is 19.3 Å². The van der Waals surface area contributed by atoms with Crippen molar-refractivity contribution in [2.75, 3.05) is 6.54 Å². The van der Waals surface area contributed by atoms with Crippen LogP contribution in [0.2, 0.25) is 0 Å². The molecule has 1 aliphatic rings. The van der Waals surface area contributed by atoms with E-state index in [9.17, 15) is 0 Å². The maximum absolute atomic E-state index is 5.32. The van der Waals surface area contributed by atoms with Crippen molar-refractivity contribution in [1.29, 1.82) is 0 Å². The highest BCUT2D eigenvalue weighted by molar-refractivity contribution is 4.70. The van der Waals surface area contributed by atoms with Gasteiger partial charge in [-0.1, -0.05) is 0 Å². The molecule has 3 heteroatoms. The van der Waals surface area contributed by atoms with E-state index in [2.05, 4.69) is 0 Å². The number of rotatable bonds is 4. The van der Waals surface area contributed by atoms with E-state index < -0.39 is 0 Å². The lowest BCUT2D eigenvalue weighted by Crippen LogP contribution is -2.08. The minimum Gasteiger partial charge on any atom is -0.459 e. The molecule has 0 bridgehead atoms. The van der Waals surface area contributed by atoms with Crippen molar-refractivity contribution in [2.45, 2.75) is 25.6 Å². The van der Waals surface area contributed by atoms with Gasteiger partial charge in [0.1, 0.15) is 12.5 Å². The molecule has 3 nitrogen and oxygen atoms in total. The Hall–Kier alpha value is -0.700. The minimum atomic E-state index is -0.0495. The van der Waals surface area contributed by atoms with Crippen molar-refractivity contribution >= 4 is 0 Å². The van der Waals surface area contributed by atoms with E-state index in [1.54, 1.807) is 12.5 Å². The second-order valence-corrected chi connectivity index (χ2v) is 2.26. The molecular formula is C7H13NO2. The summed E-state index contributed by atoms with van der Waals surface area (Å²) in [5.41, 5.74) is 5.32. The second kappa shape index (κ2) is 4.17. The Balaban J connectivity index is 1.93. The number of ether oxygens (including phenoxy) is 2. The van der Waals surface area contributed by atoms with Gasteiger partial charge in [-0.15, -0.1) is 0 Å². The Labute approximate surface area is 60.8 Å². The van der Waals surface area contributed by atoms with E-state index in [0.717, 1.165) is 25.8 Å². The van der Waals surface area contributed by atoms with Gasteiger partial charge >= 0.3 is 0 Å². The first-order chi connectivity index (χ1) is 4.93. The molecule has 0 aromatic rings. The van der Waals surface area contributed by atoms with E-state index in [1.165, 1.54) is 0 Å². The van der Waals surface area contributed by atoms with Crippen LogP contribution in [0.3, 0.4) is 0 Å². The van der Waals surface area contributed by atoms with Crippen LogP contribution in [0, 0.1) is 0 Å². The maximum atomic E-state index is 5.32. The molecule has 0 aromatic carbocycles. The van der Waals surface area contributed by atoms with Gasteiger partial charge in [-0.05, 0) is 19.4 Å². The van der Waals surface area contributed by atoms with E-state index in [4.69, 9.17) is 15.2 Å². The third-order valence-electron chi connectivity index (χ3n) is 1.41. The van der Waals surface area contributed by atoms with Crippen LogP contribution in [-0.4, -0.2) is 12.8 Å². The van der Waals surface area contributed by atoms with Gasteiger partial charge in [-0.25, -0.2) is 0 Å². The van der Waals surface area contributed by atoms with Crippen LogP contribution >= 0.6 is 0 Å². The average molecular weight is 143 g/mol. The molecule has 0 aliphatic carbocycles. The molecule has 0 aromatic heterocycles. The van der Waals surface area contributed by atoms with E-state index in [1.807, 2.05) is 0 Å². The van der Waals surface area contributed by atoms with Crippen molar-refractivity contribution in [2.24, 2.45) is 5.73 Å².